The van der Waals surface area contributed by atoms with Gasteiger partial charge in [0.2, 0.25) is 0 Å². The van der Waals surface area contributed by atoms with Crippen LogP contribution in [0.2, 0.25) is 0 Å². The van der Waals surface area contributed by atoms with Crippen LogP contribution in [0.5, 0.6) is 0 Å². The van der Waals surface area contributed by atoms with Crippen molar-refractivity contribution in [1.82, 2.24) is 9.55 Å². The molecule has 0 radical (unpaired) electrons. The molecule has 3 heterocycles. The van der Waals surface area contributed by atoms with E-state index in [1.165, 1.54) is 51.3 Å². The van der Waals surface area contributed by atoms with E-state index < -0.39 is 0 Å². The second-order valence-corrected chi connectivity index (χ2v) is 8.46. The third kappa shape index (κ3) is 2.62. The van der Waals surface area contributed by atoms with Crippen molar-refractivity contribution in [2.75, 3.05) is 17.7 Å². The lowest BCUT2D eigenvalue weighted by Gasteiger charge is -2.30. The predicted octanol–water partition coefficient (Wildman–Crippen LogP) is 5.04. The zero-order valence-electron chi connectivity index (χ0n) is 15.5. The van der Waals surface area contributed by atoms with Gasteiger partial charge in [-0.3, -0.25) is 0 Å². The molecule has 134 valence electrons. The molecule has 1 saturated carbocycles. The van der Waals surface area contributed by atoms with Crippen molar-refractivity contribution in [2.24, 2.45) is 5.92 Å². The van der Waals surface area contributed by atoms with Crippen molar-refractivity contribution < 1.29 is 0 Å². The van der Waals surface area contributed by atoms with Crippen LogP contribution in [0, 0.1) is 12.8 Å². The number of rotatable bonds is 4. The fourth-order valence-corrected chi connectivity index (χ4v) is 5.12. The monoisotopic (exact) mass is 363 g/mol. The average Bonchev–Trinajstić information content (AvgIpc) is 3.46. The first-order valence-electron chi connectivity index (χ1n) is 9.59. The number of aromatic nitrogens is 2. The molecule has 0 bridgehead atoms. The van der Waals surface area contributed by atoms with Crippen molar-refractivity contribution in [3.8, 4) is 0 Å². The maximum Gasteiger partial charge on any atom is 0.153 e. The predicted molar refractivity (Wildman–Crippen MR) is 110 cm³/mol. The van der Waals surface area contributed by atoms with Gasteiger partial charge in [-0.05, 0) is 55.6 Å². The Morgan fingerprint density at radius 2 is 1.96 bits per heavy atom. The third-order valence-corrected chi connectivity index (χ3v) is 6.85. The quantitative estimate of drug-likeness (QED) is 0.606. The molecule has 0 spiro atoms. The van der Waals surface area contributed by atoms with Gasteiger partial charge < -0.3 is 9.47 Å². The van der Waals surface area contributed by atoms with Gasteiger partial charge in [-0.15, -0.1) is 11.8 Å². The van der Waals surface area contributed by atoms with Crippen LogP contribution < -0.4 is 4.90 Å². The van der Waals surface area contributed by atoms with Crippen molar-refractivity contribution in [1.29, 1.82) is 0 Å². The van der Waals surface area contributed by atoms with Crippen molar-refractivity contribution in [2.45, 2.75) is 44.2 Å². The molecule has 3 aromatic rings. The Kier molecular flexibility index (Phi) is 3.96. The van der Waals surface area contributed by atoms with Crippen molar-refractivity contribution in [3.05, 3.63) is 53.3 Å². The molecule has 1 fully saturated rings. The molecule has 0 saturated heterocycles. The van der Waals surface area contributed by atoms with E-state index in [-0.39, 0.29) is 0 Å². The van der Waals surface area contributed by atoms with E-state index in [2.05, 4.69) is 53.0 Å². The summed E-state index contributed by atoms with van der Waals surface area (Å²) in [7, 11) is 0. The number of hydrogen-bond donors (Lipinski definition) is 0. The van der Waals surface area contributed by atoms with E-state index >= 15 is 0 Å². The number of thioether (sulfide) groups is 1. The zero-order chi connectivity index (χ0) is 17.7. The summed E-state index contributed by atoms with van der Waals surface area (Å²) < 4.78 is 2.56. The molecule has 1 aliphatic heterocycles. The summed E-state index contributed by atoms with van der Waals surface area (Å²) in [6, 6.07) is 11.1. The van der Waals surface area contributed by atoms with Gasteiger partial charge in [0.15, 0.2) is 5.82 Å². The topological polar surface area (TPSA) is 21.1 Å². The van der Waals surface area contributed by atoms with Crippen LogP contribution in [0.25, 0.3) is 10.9 Å². The van der Waals surface area contributed by atoms with Gasteiger partial charge in [-0.1, -0.05) is 24.3 Å². The third-order valence-electron chi connectivity index (χ3n) is 5.92. The van der Waals surface area contributed by atoms with E-state index in [0.29, 0.717) is 0 Å². The van der Waals surface area contributed by atoms with Gasteiger partial charge in [-0.2, -0.15) is 0 Å². The van der Waals surface area contributed by atoms with Gasteiger partial charge in [0.1, 0.15) is 0 Å². The Bertz CT molecular complexity index is 971. The van der Waals surface area contributed by atoms with E-state index in [0.717, 1.165) is 32.0 Å². The molecule has 2 aliphatic rings. The Morgan fingerprint density at radius 1 is 1.15 bits per heavy atom. The Labute approximate surface area is 159 Å². The second kappa shape index (κ2) is 6.34. The largest absolute Gasteiger partial charge is 0.350 e. The maximum atomic E-state index is 4.88. The minimum absolute atomic E-state index is 0.856. The normalized spacial score (nSPS) is 16.9. The minimum atomic E-state index is 0.856. The lowest BCUT2D eigenvalue weighted by molar-refractivity contribution is 0.626. The molecule has 1 aliphatic carbocycles. The van der Waals surface area contributed by atoms with Crippen molar-refractivity contribution in [3.63, 3.8) is 0 Å². The highest BCUT2D eigenvalue weighted by Gasteiger charge is 2.27. The van der Waals surface area contributed by atoms with Crippen LogP contribution in [0.4, 0.5) is 5.82 Å². The van der Waals surface area contributed by atoms with Gasteiger partial charge in [0, 0.05) is 41.8 Å². The molecule has 1 aromatic carbocycles. The molecule has 3 nitrogen and oxygen atoms in total. The Hall–Kier alpha value is -1.94. The molecule has 0 amide bonds. The smallest absolute Gasteiger partial charge is 0.153 e. The van der Waals surface area contributed by atoms with E-state index in [9.17, 15) is 0 Å². The second-order valence-electron chi connectivity index (χ2n) is 7.64. The fourth-order valence-electron chi connectivity index (χ4n) is 4.33. The molecule has 5 rings (SSSR count). The fraction of sp³-hybridized carbons (Fsp3) is 0.409. The highest BCUT2D eigenvalue weighted by molar-refractivity contribution is 7.98. The summed E-state index contributed by atoms with van der Waals surface area (Å²) in [6.07, 6.45) is 8.05. The molecule has 4 heteroatoms. The highest BCUT2D eigenvalue weighted by Crippen LogP contribution is 2.40. The zero-order valence-corrected chi connectivity index (χ0v) is 16.4. The molecule has 26 heavy (non-hydrogen) atoms. The molecule has 0 N–H and O–H groups in total. The molecule has 0 unspecified atom stereocenters. The van der Waals surface area contributed by atoms with E-state index in [1.807, 2.05) is 18.0 Å². The number of pyridine rings is 1. The van der Waals surface area contributed by atoms with E-state index in [4.69, 9.17) is 4.98 Å². The standard InChI is InChI=1S/C22H25N3S/c1-15-21(26-2)19-9-11-23-22(20(19)25(15)13-16-7-8-16)24-12-10-17-5-3-4-6-18(17)14-24/h3-6,9,11,16H,7-8,10,12-14H2,1-2H3. The summed E-state index contributed by atoms with van der Waals surface area (Å²) in [5.74, 6) is 2.02. The molecular weight excluding hydrogens is 338 g/mol. The first-order valence-corrected chi connectivity index (χ1v) is 10.8. The molecular formula is C22H25N3S. The van der Waals surface area contributed by atoms with Crippen LogP contribution in [0.15, 0.2) is 41.4 Å². The van der Waals surface area contributed by atoms with Crippen LogP contribution in [0.1, 0.15) is 29.7 Å². The average molecular weight is 364 g/mol. The first kappa shape index (κ1) is 16.2. The van der Waals surface area contributed by atoms with Gasteiger partial charge >= 0.3 is 0 Å². The Balaban J connectivity index is 1.64. The number of fused-ring (bicyclic) bond motifs is 2. The maximum absolute atomic E-state index is 4.88. The number of hydrogen-bond acceptors (Lipinski definition) is 3. The number of anilines is 1. The summed E-state index contributed by atoms with van der Waals surface area (Å²) in [5, 5.41) is 1.37. The number of benzene rings is 1. The van der Waals surface area contributed by atoms with E-state index in [1.54, 1.807) is 0 Å². The summed E-state index contributed by atoms with van der Waals surface area (Å²) in [5.41, 5.74) is 5.69. The lowest BCUT2D eigenvalue weighted by Crippen LogP contribution is -2.31. The first-order chi connectivity index (χ1) is 12.8. The van der Waals surface area contributed by atoms with Crippen LogP contribution in [-0.4, -0.2) is 22.4 Å². The SMILES string of the molecule is CSc1c(C)n(CC2CC2)c2c(N3CCc4ccccc4C3)nccc12. The van der Waals surface area contributed by atoms with Gasteiger partial charge in [0.05, 0.1) is 5.52 Å². The lowest BCUT2D eigenvalue weighted by atomic mass is 10.00. The van der Waals surface area contributed by atoms with Gasteiger partial charge in [0.25, 0.3) is 0 Å². The van der Waals surface area contributed by atoms with Crippen LogP contribution in [0.3, 0.4) is 0 Å². The van der Waals surface area contributed by atoms with Crippen LogP contribution >= 0.6 is 11.8 Å². The highest BCUT2D eigenvalue weighted by atomic mass is 32.2. The summed E-state index contributed by atoms with van der Waals surface area (Å²) in [6.45, 7) is 5.44. The number of nitrogens with zero attached hydrogens (tertiary/aromatic N) is 3. The Morgan fingerprint density at radius 3 is 2.73 bits per heavy atom. The molecule has 2 aromatic heterocycles. The summed E-state index contributed by atoms with van der Waals surface area (Å²) >= 11 is 1.87. The van der Waals surface area contributed by atoms with Crippen molar-refractivity contribution >= 4 is 28.5 Å². The van der Waals surface area contributed by atoms with Crippen LogP contribution in [-0.2, 0) is 19.5 Å². The molecule has 0 atom stereocenters. The summed E-state index contributed by atoms with van der Waals surface area (Å²) in [4.78, 5) is 8.78. The minimum Gasteiger partial charge on any atom is -0.350 e. The van der Waals surface area contributed by atoms with Gasteiger partial charge in [-0.25, -0.2) is 4.98 Å².